The zero-order chi connectivity index (χ0) is 11.1. The van der Waals surface area contributed by atoms with E-state index >= 15 is 0 Å². The first-order chi connectivity index (χ1) is 5.44. The summed E-state index contributed by atoms with van der Waals surface area (Å²) in [6.45, 7) is 0.587. The van der Waals surface area contributed by atoms with Crippen LogP contribution in [0.25, 0.3) is 0 Å². The second kappa shape index (κ2) is 2.89. The van der Waals surface area contributed by atoms with E-state index in [1.165, 1.54) is 0 Å². The summed E-state index contributed by atoms with van der Waals surface area (Å²) in [5, 5.41) is 18.9. The molecule has 72 valence electrons. The summed E-state index contributed by atoms with van der Waals surface area (Å²) >= 11 is 0. The first-order valence-corrected chi connectivity index (χ1v) is 2.88. The van der Waals surface area contributed by atoms with Crippen LogP contribution in [0.1, 0.15) is 15.2 Å². The Balaban J connectivity index is 5.16. The molecular weight excluding hydrogens is 179 g/mol. The number of rotatable bonds is 2. The van der Waals surface area contributed by atoms with Crippen molar-refractivity contribution in [1.82, 2.24) is 0 Å². The van der Waals surface area contributed by atoms with Gasteiger partial charge in [-0.1, -0.05) is 0 Å². The van der Waals surface area contributed by atoms with Gasteiger partial charge in [0.25, 0.3) is 0 Å². The molecule has 2 unspecified atom stereocenters. The number of hydrogen-bond acceptors (Lipinski definition) is 3. The lowest BCUT2D eigenvalue weighted by Gasteiger charge is -2.26. The van der Waals surface area contributed by atoms with E-state index in [9.17, 15) is 23.3 Å². The molecule has 0 amide bonds. The van der Waals surface area contributed by atoms with Crippen LogP contribution in [-0.4, -0.2) is 27.8 Å². The molecule has 0 fully saturated rings. The molecule has 0 saturated carbocycles. The Kier molecular flexibility index (Phi) is 2.22. The van der Waals surface area contributed by atoms with Crippen molar-refractivity contribution >= 4 is 0 Å². The van der Waals surface area contributed by atoms with Gasteiger partial charge in [-0.2, -0.15) is 13.2 Å². The molecule has 0 aromatic carbocycles. The molecule has 12 heavy (non-hydrogen) atoms. The van der Waals surface area contributed by atoms with Crippen LogP contribution in [0.2, 0.25) is 0 Å². The Bertz CT molecular complexity index is 226. The Labute approximate surface area is 67.5 Å². The van der Waals surface area contributed by atoms with Gasteiger partial charge in [0, 0.05) is 11.8 Å². The average molecular weight is 188 g/mol. The molecule has 0 bridgehead atoms. The largest absolute Gasteiger partial charge is 0.423 e. The Morgan fingerprint density at radius 3 is 2.08 bits per heavy atom. The molecule has 0 radical (unpaired) electrons. The summed E-state index contributed by atoms with van der Waals surface area (Å²) < 4.78 is 42.8. The lowest BCUT2D eigenvalue weighted by atomic mass is 9.98. The molecule has 2 atom stereocenters. The van der Waals surface area contributed by atoms with E-state index in [0.717, 1.165) is 0 Å². The van der Waals surface area contributed by atoms with Gasteiger partial charge >= 0.3 is 6.18 Å². The second-order valence-corrected chi connectivity index (χ2v) is 2.41. The fourth-order valence-electron chi connectivity index (χ4n) is 0.383. The summed E-state index contributed by atoms with van der Waals surface area (Å²) in [6, 6.07) is -3.22. The van der Waals surface area contributed by atoms with Gasteiger partial charge < -0.3 is 5.11 Å². The smallest absolute Gasteiger partial charge is 0.375 e. The van der Waals surface area contributed by atoms with Crippen LogP contribution in [0, 0.1) is 10.1 Å². The molecule has 0 rings (SSSR count). The first-order valence-electron chi connectivity index (χ1n) is 3.38. The van der Waals surface area contributed by atoms with E-state index in [1.807, 2.05) is 0 Å². The maximum absolute atomic E-state index is 12.0. The normalized spacial score (nSPS) is 23.7. The molecule has 0 saturated heterocycles. The topological polar surface area (TPSA) is 63.4 Å². The highest BCUT2D eigenvalue weighted by Crippen LogP contribution is 2.33. The zero-order valence-corrected chi connectivity index (χ0v) is 6.34. The molecule has 0 spiro atoms. The maximum Gasteiger partial charge on any atom is 0.423 e. The molecule has 0 aliphatic heterocycles. The molecule has 7 heteroatoms. The lowest BCUT2D eigenvalue weighted by Crippen LogP contribution is -2.53. The van der Waals surface area contributed by atoms with E-state index < -0.39 is 22.7 Å². The van der Waals surface area contributed by atoms with E-state index in [2.05, 4.69) is 0 Å². The van der Waals surface area contributed by atoms with Crippen molar-refractivity contribution in [3.8, 4) is 0 Å². The number of hydrogen-bond donors (Lipinski definition) is 1. The number of halogens is 3. The van der Waals surface area contributed by atoms with Crippen molar-refractivity contribution in [2.24, 2.45) is 0 Å². The van der Waals surface area contributed by atoms with Crippen molar-refractivity contribution in [2.75, 3.05) is 0 Å². The highest BCUT2D eigenvalue weighted by atomic mass is 19.4. The van der Waals surface area contributed by atoms with Crippen LogP contribution in [0.3, 0.4) is 0 Å². The van der Waals surface area contributed by atoms with Crippen molar-refractivity contribution in [3.63, 3.8) is 0 Å². The molecule has 1 N–H and O–H groups in total. The fourth-order valence-corrected chi connectivity index (χ4v) is 0.383. The minimum absolute atomic E-state index is 0.197. The van der Waals surface area contributed by atoms with Gasteiger partial charge in [-0.25, -0.2) is 0 Å². The fraction of sp³-hybridized carbons (Fsp3) is 1.00. The van der Waals surface area contributed by atoms with Gasteiger partial charge in [0.2, 0.25) is 11.6 Å². The Hall–Kier alpha value is -0.850. The van der Waals surface area contributed by atoms with Gasteiger partial charge in [-0.15, -0.1) is 0 Å². The van der Waals surface area contributed by atoms with Gasteiger partial charge in [0.15, 0.2) is 0 Å². The molecular formula is C5H8F3NO3. The predicted octanol–water partition coefficient (Wildman–Crippen LogP) is 0.965. The quantitative estimate of drug-likeness (QED) is 0.518. The molecule has 0 aromatic heterocycles. The molecule has 0 aromatic rings. The maximum atomic E-state index is 12.0. The van der Waals surface area contributed by atoms with Crippen LogP contribution in [0.15, 0.2) is 0 Å². The Morgan fingerprint density at radius 2 is 2.00 bits per heavy atom. The second-order valence-electron chi connectivity index (χ2n) is 2.41. The zero-order valence-electron chi connectivity index (χ0n) is 7.34. The third-order valence-electron chi connectivity index (χ3n) is 1.53. The highest BCUT2D eigenvalue weighted by Gasteiger charge is 2.58. The highest BCUT2D eigenvalue weighted by molar-refractivity contribution is 4.86. The standard InChI is InChI=1S/C5H8F3NO3/c1-3(9(11)12)4(2,10)5(6,7)8/h3,10H,1-2H3/i3D. The van der Waals surface area contributed by atoms with Crippen molar-refractivity contribution in [2.45, 2.75) is 31.6 Å². The number of nitrogens with zero attached hydrogens (tertiary/aromatic N) is 1. The summed E-state index contributed by atoms with van der Waals surface area (Å²) in [5.74, 6) is 0. The molecule has 0 aliphatic rings. The number of nitro groups is 1. The van der Waals surface area contributed by atoms with E-state index in [-0.39, 0.29) is 6.92 Å². The van der Waals surface area contributed by atoms with Crippen LogP contribution < -0.4 is 0 Å². The summed E-state index contributed by atoms with van der Waals surface area (Å²) in [4.78, 5) is 8.59. The number of aliphatic hydroxyl groups is 1. The SMILES string of the molecule is [2H]C(C)([N+](=O)[O-])C(C)(O)C(F)(F)F. The predicted molar refractivity (Wildman–Crippen MR) is 33.1 cm³/mol. The first kappa shape index (κ1) is 9.24. The third-order valence-corrected chi connectivity index (χ3v) is 1.53. The van der Waals surface area contributed by atoms with E-state index in [4.69, 9.17) is 6.48 Å². The third kappa shape index (κ3) is 1.84. The summed E-state index contributed by atoms with van der Waals surface area (Å²) in [7, 11) is 0. The van der Waals surface area contributed by atoms with Crippen LogP contribution in [-0.2, 0) is 0 Å². The van der Waals surface area contributed by atoms with Crippen LogP contribution in [0.4, 0.5) is 13.2 Å². The van der Waals surface area contributed by atoms with Crippen LogP contribution in [0.5, 0.6) is 0 Å². The molecule has 0 heterocycles. The molecule has 4 nitrogen and oxygen atoms in total. The van der Waals surface area contributed by atoms with Gasteiger partial charge in [-0.3, -0.25) is 10.1 Å². The average Bonchev–Trinajstić information content (AvgIpc) is 1.84. The van der Waals surface area contributed by atoms with Crippen molar-refractivity contribution in [1.29, 1.82) is 0 Å². The van der Waals surface area contributed by atoms with Gasteiger partial charge in [-0.05, 0) is 6.92 Å². The van der Waals surface area contributed by atoms with Crippen molar-refractivity contribution in [3.05, 3.63) is 10.1 Å². The monoisotopic (exact) mass is 188 g/mol. The summed E-state index contributed by atoms with van der Waals surface area (Å²) in [5.41, 5.74) is -3.68. The van der Waals surface area contributed by atoms with Crippen LogP contribution >= 0.6 is 0 Å². The number of alkyl halides is 3. The lowest BCUT2D eigenvalue weighted by molar-refractivity contribution is -0.553. The van der Waals surface area contributed by atoms with Gasteiger partial charge in [0.1, 0.15) is 1.37 Å². The minimum Gasteiger partial charge on any atom is -0.375 e. The Morgan fingerprint density at radius 1 is 1.67 bits per heavy atom. The van der Waals surface area contributed by atoms with E-state index in [1.54, 1.807) is 0 Å². The van der Waals surface area contributed by atoms with E-state index in [0.29, 0.717) is 6.92 Å². The minimum atomic E-state index is -5.21. The molecule has 0 aliphatic carbocycles. The van der Waals surface area contributed by atoms with Crippen molar-refractivity contribution < 1.29 is 24.6 Å². The van der Waals surface area contributed by atoms with Gasteiger partial charge in [0.05, 0.1) is 0 Å². The summed E-state index contributed by atoms with van der Waals surface area (Å²) in [6.07, 6.45) is -5.21.